The monoisotopic (exact) mass is 431 g/mol. The fourth-order valence-electron chi connectivity index (χ4n) is 4.41. The van der Waals surface area contributed by atoms with E-state index < -0.39 is 15.5 Å². The number of ether oxygens (including phenoxy) is 1. The van der Waals surface area contributed by atoms with Crippen LogP contribution in [0.3, 0.4) is 0 Å². The average molecular weight is 432 g/mol. The molecular formula is C24H30FNO3S. The second-order valence-corrected chi connectivity index (χ2v) is 11.2. The van der Waals surface area contributed by atoms with Crippen LogP contribution in [0.2, 0.25) is 0 Å². The Kier molecular flexibility index (Phi) is 5.90. The van der Waals surface area contributed by atoms with Gasteiger partial charge in [0.15, 0.2) is 9.84 Å². The molecule has 0 saturated carbocycles. The minimum absolute atomic E-state index is 0.211. The Morgan fingerprint density at radius 1 is 1.07 bits per heavy atom. The maximum atomic E-state index is 13.8. The van der Waals surface area contributed by atoms with Gasteiger partial charge < -0.3 is 9.64 Å². The van der Waals surface area contributed by atoms with E-state index in [1.54, 1.807) is 19.9 Å². The van der Waals surface area contributed by atoms with Crippen LogP contribution < -0.4 is 4.74 Å². The molecule has 6 heteroatoms. The van der Waals surface area contributed by atoms with Gasteiger partial charge in [-0.05, 0) is 93.1 Å². The summed E-state index contributed by atoms with van der Waals surface area (Å²) in [6.45, 7) is 6.30. The molecule has 0 aliphatic carbocycles. The lowest BCUT2D eigenvalue weighted by Gasteiger charge is -2.34. The number of hydrogen-bond acceptors (Lipinski definition) is 4. The Hall–Kier alpha value is -1.92. The highest BCUT2D eigenvalue weighted by Gasteiger charge is 2.27. The van der Waals surface area contributed by atoms with Crippen molar-refractivity contribution >= 4 is 9.84 Å². The molecule has 0 spiro atoms. The van der Waals surface area contributed by atoms with Crippen LogP contribution in [-0.4, -0.2) is 51.0 Å². The van der Waals surface area contributed by atoms with Gasteiger partial charge in [0.2, 0.25) is 0 Å². The molecule has 0 radical (unpaired) electrons. The Morgan fingerprint density at radius 3 is 2.40 bits per heavy atom. The Balaban J connectivity index is 1.31. The van der Waals surface area contributed by atoms with E-state index in [1.807, 2.05) is 36.4 Å². The highest BCUT2D eigenvalue weighted by molar-refractivity contribution is 7.91. The number of alkyl halides is 1. The lowest BCUT2D eigenvalue weighted by atomic mass is 9.97. The summed E-state index contributed by atoms with van der Waals surface area (Å²) < 4.78 is 43.8. The number of aryl methyl sites for hydroxylation is 1. The fraction of sp³-hybridized carbons (Fsp3) is 0.500. The molecule has 2 heterocycles. The SMILES string of the molecule is CC(C)(F)CN1CCC(COc2ccc(-c3ccc4c(c3)CCS4(=O)=O)cc2)CC1. The molecular weight excluding hydrogens is 401 g/mol. The maximum Gasteiger partial charge on any atom is 0.178 e. The quantitative estimate of drug-likeness (QED) is 0.675. The van der Waals surface area contributed by atoms with E-state index in [9.17, 15) is 12.8 Å². The van der Waals surface area contributed by atoms with Gasteiger partial charge in [-0.3, -0.25) is 0 Å². The van der Waals surface area contributed by atoms with E-state index in [4.69, 9.17) is 4.74 Å². The van der Waals surface area contributed by atoms with Gasteiger partial charge in [-0.25, -0.2) is 12.8 Å². The molecule has 0 unspecified atom stereocenters. The van der Waals surface area contributed by atoms with Gasteiger partial charge in [-0.15, -0.1) is 0 Å². The van der Waals surface area contributed by atoms with Crippen LogP contribution in [0, 0.1) is 5.92 Å². The van der Waals surface area contributed by atoms with Gasteiger partial charge in [0, 0.05) is 6.54 Å². The zero-order valence-corrected chi connectivity index (χ0v) is 18.6. The molecule has 0 amide bonds. The number of likely N-dealkylation sites (tertiary alicyclic amines) is 1. The van der Waals surface area contributed by atoms with Crippen LogP contribution in [0.1, 0.15) is 32.3 Å². The molecule has 1 fully saturated rings. The summed E-state index contributed by atoms with van der Waals surface area (Å²) in [6, 6.07) is 13.6. The third-order valence-corrected chi connectivity index (χ3v) is 7.83. The van der Waals surface area contributed by atoms with Crippen LogP contribution in [0.25, 0.3) is 11.1 Å². The number of piperidine rings is 1. The molecule has 0 atom stereocenters. The second kappa shape index (κ2) is 8.31. The summed E-state index contributed by atoms with van der Waals surface area (Å²) in [5, 5.41) is 0. The largest absolute Gasteiger partial charge is 0.493 e. The number of halogens is 1. The van der Waals surface area contributed by atoms with E-state index in [-0.39, 0.29) is 5.75 Å². The van der Waals surface area contributed by atoms with Gasteiger partial charge in [0.05, 0.1) is 17.3 Å². The van der Waals surface area contributed by atoms with Crippen molar-refractivity contribution in [3.63, 3.8) is 0 Å². The lowest BCUT2D eigenvalue weighted by Crippen LogP contribution is -2.41. The van der Waals surface area contributed by atoms with Crippen LogP contribution in [-0.2, 0) is 16.3 Å². The first-order valence-corrected chi connectivity index (χ1v) is 12.4. The Labute approximate surface area is 179 Å². The average Bonchev–Trinajstić information content (AvgIpc) is 3.01. The molecule has 2 aromatic carbocycles. The van der Waals surface area contributed by atoms with Crippen molar-refractivity contribution in [2.24, 2.45) is 5.92 Å². The third-order valence-electron chi connectivity index (χ3n) is 6.02. The number of fused-ring (bicyclic) bond motifs is 1. The van der Waals surface area contributed by atoms with Crippen LogP contribution in [0.5, 0.6) is 5.75 Å². The van der Waals surface area contributed by atoms with E-state index in [2.05, 4.69) is 4.90 Å². The molecule has 0 N–H and O–H groups in total. The summed E-state index contributed by atoms with van der Waals surface area (Å²) in [4.78, 5) is 2.68. The highest BCUT2D eigenvalue weighted by Crippen LogP contribution is 2.31. The Morgan fingerprint density at radius 2 is 1.73 bits per heavy atom. The molecule has 2 aliphatic rings. The van der Waals surface area contributed by atoms with Crippen molar-refractivity contribution in [3.8, 4) is 16.9 Å². The first-order chi connectivity index (χ1) is 14.2. The zero-order chi connectivity index (χ0) is 21.4. The van der Waals surface area contributed by atoms with E-state index in [0.29, 0.717) is 30.4 Å². The fourth-order valence-corrected chi connectivity index (χ4v) is 5.96. The number of hydrogen-bond donors (Lipinski definition) is 0. The number of benzene rings is 2. The standard InChI is InChI=1S/C24H30FNO3S/c1-24(2,25)17-26-12-9-18(10-13-26)16-29-22-6-3-19(4-7-22)20-5-8-23-21(15-20)11-14-30(23,27)28/h3-8,15,18H,9-14,16-17H2,1-2H3. The van der Waals surface area contributed by atoms with Crippen molar-refractivity contribution in [1.82, 2.24) is 4.90 Å². The van der Waals surface area contributed by atoms with Crippen LogP contribution in [0.15, 0.2) is 47.4 Å². The van der Waals surface area contributed by atoms with E-state index in [0.717, 1.165) is 48.4 Å². The van der Waals surface area contributed by atoms with Crippen LogP contribution >= 0.6 is 0 Å². The first kappa shape index (κ1) is 21.3. The smallest absolute Gasteiger partial charge is 0.178 e. The minimum Gasteiger partial charge on any atom is -0.493 e. The second-order valence-electron chi connectivity index (χ2n) is 9.16. The molecule has 4 rings (SSSR count). The Bertz CT molecular complexity index is 988. The predicted octanol–water partition coefficient (Wildman–Crippen LogP) is 4.52. The van der Waals surface area contributed by atoms with E-state index in [1.165, 1.54) is 0 Å². The van der Waals surface area contributed by atoms with Gasteiger partial charge in [-0.2, -0.15) is 0 Å². The summed E-state index contributed by atoms with van der Waals surface area (Å²) in [5.74, 6) is 1.56. The number of nitrogens with zero attached hydrogens (tertiary/aromatic N) is 1. The van der Waals surface area contributed by atoms with Crippen molar-refractivity contribution in [1.29, 1.82) is 0 Å². The molecule has 4 nitrogen and oxygen atoms in total. The zero-order valence-electron chi connectivity index (χ0n) is 17.7. The lowest BCUT2D eigenvalue weighted by molar-refractivity contribution is 0.0836. The highest BCUT2D eigenvalue weighted by atomic mass is 32.2. The molecule has 0 aromatic heterocycles. The first-order valence-electron chi connectivity index (χ1n) is 10.7. The van der Waals surface area contributed by atoms with Gasteiger partial charge in [-0.1, -0.05) is 18.2 Å². The normalized spacial score (nSPS) is 19.6. The molecule has 2 aromatic rings. The van der Waals surface area contributed by atoms with E-state index >= 15 is 0 Å². The van der Waals surface area contributed by atoms with Gasteiger partial charge in [0.25, 0.3) is 0 Å². The summed E-state index contributed by atoms with van der Waals surface area (Å²) in [7, 11) is -3.08. The van der Waals surface area contributed by atoms with Crippen molar-refractivity contribution in [2.75, 3.05) is 32.0 Å². The van der Waals surface area contributed by atoms with Crippen molar-refractivity contribution in [3.05, 3.63) is 48.0 Å². The summed E-state index contributed by atoms with van der Waals surface area (Å²) in [5.41, 5.74) is 1.85. The van der Waals surface area contributed by atoms with Crippen molar-refractivity contribution < 1.29 is 17.5 Å². The molecule has 162 valence electrons. The predicted molar refractivity (Wildman–Crippen MR) is 117 cm³/mol. The third kappa shape index (κ3) is 5.03. The molecule has 1 saturated heterocycles. The number of rotatable bonds is 6. The maximum absolute atomic E-state index is 13.8. The van der Waals surface area contributed by atoms with Gasteiger partial charge in [0.1, 0.15) is 11.4 Å². The van der Waals surface area contributed by atoms with Crippen LogP contribution in [0.4, 0.5) is 4.39 Å². The number of sulfone groups is 1. The summed E-state index contributed by atoms with van der Waals surface area (Å²) in [6.07, 6.45) is 2.66. The minimum atomic E-state index is -3.08. The van der Waals surface area contributed by atoms with Crippen molar-refractivity contribution in [2.45, 2.75) is 43.7 Å². The molecule has 30 heavy (non-hydrogen) atoms. The summed E-state index contributed by atoms with van der Waals surface area (Å²) >= 11 is 0. The topological polar surface area (TPSA) is 46.6 Å². The molecule has 2 aliphatic heterocycles. The van der Waals surface area contributed by atoms with Gasteiger partial charge >= 0.3 is 0 Å². The molecule has 0 bridgehead atoms.